The lowest BCUT2D eigenvalue weighted by Gasteiger charge is -2.21. The van der Waals surface area contributed by atoms with Crippen molar-refractivity contribution in [3.05, 3.63) is 118 Å². The van der Waals surface area contributed by atoms with Gasteiger partial charge in [0.25, 0.3) is 11.5 Å². The molecule has 196 valence electrons. The monoisotopic (exact) mass is 528 g/mol. The van der Waals surface area contributed by atoms with Gasteiger partial charge in [-0.05, 0) is 42.6 Å². The average molecular weight is 529 g/mol. The van der Waals surface area contributed by atoms with Gasteiger partial charge < -0.3 is 11.1 Å². The third-order valence-corrected chi connectivity index (χ3v) is 6.62. The van der Waals surface area contributed by atoms with Crippen LogP contribution in [0.1, 0.15) is 40.1 Å². The molecule has 10 nitrogen and oxygen atoms in total. The van der Waals surface area contributed by atoms with Crippen molar-refractivity contribution in [2.45, 2.75) is 13.0 Å². The summed E-state index contributed by atoms with van der Waals surface area (Å²) in [6, 6.07) is 17.9. The highest BCUT2D eigenvalue weighted by Gasteiger charge is 2.23. The zero-order valence-corrected chi connectivity index (χ0v) is 21.7. The third kappa shape index (κ3) is 4.35. The molecular weight excluding hydrogens is 504 g/mol. The van der Waals surface area contributed by atoms with E-state index in [2.05, 4.69) is 32.3 Å². The van der Waals surface area contributed by atoms with Gasteiger partial charge in [-0.3, -0.25) is 18.8 Å². The Kier molecular flexibility index (Phi) is 6.09. The van der Waals surface area contributed by atoms with Gasteiger partial charge in [0.05, 0.1) is 28.7 Å². The number of rotatable bonds is 4. The predicted octanol–water partition coefficient (Wildman–Crippen LogP) is 3.24. The molecule has 0 saturated heterocycles. The molecule has 40 heavy (non-hydrogen) atoms. The number of amides is 1. The Hall–Kier alpha value is -5.69. The molecule has 4 heterocycles. The molecule has 0 aliphatic rings. The molecule has 4 aromatic heterocycles. The molecule has 0 radical (unpaired) electrons. The summed E-state index contributed by atoms with van der Waals surface area (Å²) in [5, 5.41) is 12.6. The van der Waals surface area contributed by atoms with Crippen LogP contribution in [-0.4, -0.2) is 34.9 Å². The van der Waals surface area contributed by atoms with E-state index in [1.807, 2.05) is 74.8 Å². The van der Waals surface area contributed by atoms with Crippen molar-refractivity contribution in [1.29, 1.82) is 0 Å². The highest BCUT2D eigenvalue weighted by atomic mass is 16.2. The minimum atomic E-state index is -0.564. The van der Waals surface area contributed by atoms with Crippen LogP contribution in [0.15, 0.2) is 90.4 Å². The van der Waals surface area contributed by atoms with Crippen molar-refractivity contribution in [2.75, 3.05) is 5.73 Å². The molecule has 0 unspecified atom stereocenters. The van der Waals surface area contributed by atoms with Crippen LogP contribution in [0.4, 0.5) is 5.82 Å². The van der Waals surface area contributed by atoms with Crippen LogP contribution >= 0.6 is 0 Å². The molecule has 6 rings (SSSR count). The minimum absolute atomic E-state index is 0.0912. The quantitative estimate of drug-likeness (QED) is 0.339. The minimum Gasteiger partial charge on any atom is -0.382 e. The van der Waals surface area contributed by atoms with Crippen LogP contribution in [0.5, 0.6) is 0 Å². The number of nitrogens with two attached hydrogens (primary N) is 1. The number of nitrogens with one attached hydrogen (secondary N) is 1. The number of pyridine rings is 1. The maximum absolute atomic E-state index is 14.2. The van der Waals surface area contributed by atoms with Crippen LogP contribution in [0.2, 0.25) is 0 Å². The molecule has 0 bridgehead atoms. The fraction of sp³-hybridized carbons (Fsp3) is 0.100. The second-order valence-electron chi connectivity index (χ2n) is 9.33. The van der Waals surface area contributed by atoms with E-state index < -0.39 is 11.9 Å². The summed E-state index contributed by atoms with van der Waals surface area (Å²) in [4.78, 5) is 31.6. The number of aryl methyl sites for hydroxylation is 1. The summed E-state index contributed by atoms with van der Waals surface area (Å²) in [5.74, 6) is 5.92. The Morgan fingerprint density at radius 1 is 1.07 bits per heavy atom. The molecule has 6 aromatic rings. The number of nitrogens with zero attached hydrogens (tertiary/aromatic N) is 6. The van der Waals surface area contributed by atoms with Gasteiger partial charge in [-0.15, -0.1) is 5.10 Å². The van der Waals surface area contributed by atoms with Crippen molar-refractivity contribution in [2.24, 2.45) is 7.05 Å². The highest BCUT2D eigenvalue weighted by Crippen LogP contribution is 2.24. The summed E-state index contributed by atoms with van der Waals surface area (Å²) in [6.07, 6.45) is 6.55. The summed E-state index contributed by atoms with van der Waals surface area (Å²) in [6.45, 7) is 1.83. The van der Waals surface area contributed by atoms with E-state index in [4.69, 9.17) is 5.73 Å². The smallest absolute Gasteiger partial charge is 0.264 e. The van der Waals surface area contributed by atoms with Gasteiger partial charge >= 0.3 is 0 Å². The van der Waals surface area contributed by atoms with Crippen molar-refractivity contribution < 1.29 is 4.79 Å². The number of carbonyl (C=O) groups is 1. The standard InChI is InChI=1S/C30H24N8O2/c1-19(34-29(39)27-24-13-14-32-18-37(24)35-28(27)31)25-15-22-8-6-7-21(12-11-20-16-33-36(2)17-20)26(22)30(40)38(25)23-9-4-3-5-10-23/h3-10,13-19H,1-2H3,(H2,31,35)(H,34,39)/t19-/m0/s1. The molecule has 1 amide bonds. The Labute approximate surface area is 228 Å². The zero-order valence-electron chi connectivity index (χ0n) is 21.7. The maximum atomic E-state index is 14.2. The second kappa shape index (κ2) is 9.89. The van der Waals surface area contributed by atoms with Crippen molar-refractivity contribution in [1.82, 2.24) is 34.3 Å². The number of benzene rings is 2. The molecule has 3 N–H and O–H groups in total. The summed E-state index contributed by atoms with van der Waals surface area (Å²) >= 11 is 0. The lowest BCUT2D eigenvalue weighted by molar-refractivity contribution is 0.0941. The largest absolute Gasteiger partial charge is 0.382 e. The van der Waals surface area contributed by atoms with E-state index in [1.165, 1.54) is 10.8 Å². The molecule has 0 saturated carbocycles. The third-order valence-electron chi connectivity index (χ3n) is 6.62. The van der Waals surface area contributed by atoms with E-state index in [9.17, 15) is 9.59 Å². The van der Waals surface area contributed by atoms with Gasteiger partial charge in [-0.25, -0.2) is 9.50 Å². The van der Waals surface area contributed by atoms with Crippen LogP contribution in [-0.2, 0) is 7.05 Å². The number of nitrogen functional groups attached to an aromatic ring is 1. The Balaban J connectivity index is 1.48. The molecule has 0 aliphatic carbocycles. The number of aromatic nitrogens is 6. The Morgan fingerprint density at radius 2 is 1.90 bits per heavy atom. The lowest BCUT2D eigenvalue weighted by atomic mass is 10.0. The van der Waals surface area contributed by atoms with Crippen LogP contribution in [0.25, 0.3) is 22.0 Å². The van der Waals surface area contributed by atoms with E-state index >= 15 is 0 Å². The Bertz CT molecular complexity index is 2030. The summed E-state index contributed by atoms with van der Waals surface area (Å²) in [5.41, 5.74) is 9.25. The first-order chi connectivity index (χ1) is 19.4. The zero-order chi connectivity index (χ0) is 27.8. The molecular formula is C30H24N8O2. The van der Waals surface area contributed by atoms with Gasteiger partial charge in [0.2, 0.25) is 0 Å². The van der Waals surface area contributed by atoms with E-state index in [0.717, 1.165) is 5.56 Å². The van der Waals surface area contributed by atoms with E-state index in [1.54, 1.807) is 27.7 Å². The van der Waals surface area contributed by atoms with Crippen LogP contribution in [0, 0.1) is 11.8 Å². The van der Waals surface area contributed by atoms with Crippen molar-refractivity contribution in [3.63, 3.8) is 0 Å². The second-order valence-corrected chi connectivity index (χ2v) is 9.33. The molecule has 2 aromatic carbocycles. The van der Waals surface area contributed by atoms with Crippen LogP contribution < -0.4 is 16.6 Å². The molecule has 0 spiro atoms. The van der Waals surface area contributed by atoms with E-state index in [0.29, 0.717) is 33.2 Å². The number of carbonyl (C=O) groups excluding carboxylic acids is 1. The van der Waals surface area contributed by atoms with E-state index in [-0.39, 0.29) is 16.9 Å². The van der Waals surface area contributed by atoms with Crippen molar-refractivity contribution in [3.8, 4) is 17.5 Å². The first-order valence-electron chi connectivity index (χ1n) is 12.5. The molecule has 0 aliphatic heterocycles. The molecule has 1 atom stereocenters. The fourth-order valence-electron chi connectivity index (χ4n) is 4.78. The van der Waals surface area contributed by atoms with Gasteiger partial charge in [0.15, 0.2) is 5.82 Å². The fourth-order valence-corrected chi connectivity index (χ4v) is 4.78. The van der Waals surface area contributed by atoms with Crippen LogP contribution in [0.3, 0.4) is 0 Å². The summed E-state index contributed by atoms with van der Waals surface area (Å²) in [7, 11) is 1.82. The predicted molar refractivity (Wildman–Crippen MR) is 152 cm³/mol. The number of hydrogen-bond donors (Lipinski definition) is 2. The first-order valence-corrected chi connectivity index (χ1v) is 12.5. The molecule has 10 heteroatoms. The SMILES string of the molecule is C[C@H](NC(=O)c1c(N)nn2cnccc12)c1cc2cccc(C#Cc3cnn(C)c3)c2c(=O)n1-c1ccccc1. The van der Waals surface area contributed by atoms with Gasteiger partial charge in [-0.1, -0.05) is 42.2 Å². The normalized spacial score (nSPS) is 11.8. The van der Waals surface area contributed by atoms with Gasteiger partial charge in [0, 0.05) is 36.4 Å². The summed E-state index contributed by atoms with van der Waals surface area (Å²) < 4.78 is 4.75. The highest BCUT2D eigenvalue weighted by molar-refractivity contribution is 6.05. The number of fused-ring (bicyclic) bond motifs is 2. The first kappa shape index (κ1) is 24.6. The lowest BCUT2D eigenvalue weighted by Crippen LogP contribution is -2.32. The Morgan fingerprint density at radius 3 is 2.67 bits per heavy atom. The number of para-hydroxylation sites is 1. The van der Waals surface area contributed by atoms with Gasteiger partial charge in [-0.2, -0.15) is 5.10 Å². The van der Waals surface area contributed by atoms with Crippen molar-refractivity contribution >= 4 is 28.0 Å². The number of anilines is 1. The van der Waals surface area contributed by atoms with Gasteiger partial charge in [0.1, 0.15) is 11.9 Å². The maximum Gasteiger partial charge on any atom is 0.264 e. The average Bonchev–Trinajstić information content (AvgIpc) is 3.53. The number of hydrogen-bond acceptors (Lipinski definition) is 6. The topological polar surface area (TPSA) is 125 Å². The molecule has 0 fully saturated rings.